The molecule has 4 heteroatoms. The molecule has 0 radical (unpaired) electrons. The van der Waals surface area contributed by atoms with Gasteiger partial charge in [-0.3, -0.25) is 0 Å². The molecule has 0 saturated heterocycles. The topological polar surface area (TPSA) is 33.6 Å². The molecule has 2 heterocycles. The summed E-state index contributed by atoms with van der Waals surface area (Å²) in [6.45, 7) is 3.06. The summed E-state index contributed by atoms with van der Waals surface area (Å²) in [6.07, 6.45) is 10.0. The summed E-state index contributed by atoms with van der Waals surface area (Å²) in [4.78, 5) is 7.76. The largest absolute Gasteiger partial charge is 0.329 e. The van der Waals surface area contributed by atoms with Gasteiger partial charge in [0, 0.05) is 12.7 Å². The first-order chi connectivity index (χ1) is 8.75. The Hall–Kier alpha value is -1.42. The molecular formula is C14H17N3S. The number of hydrogen-bond donors (Lipinski definition) is 1. The second-order valence-electron chi connectivity index (χ2n) is 5.02. The normalized spacial score (nSPS) is 19.5. The van der Waals surface area contributed by atoms with Crippen molar-refractivity contribution in [3.05, 3.63) is 34.7 Å². The lowest BCUT2D eigenvalue weighted by Gasteiger charge is -2.18. The van der Waals surface area contributed by atoms with E-state index < -0.39 is 0 Å². The minimum Gasteiger partial charge on any atom is -0.329 e. The molecule has 1 aliphatic rings. The van der Waals surface area contributed by atoms with Crippen molar-refractivity contribution in [2.24, 2.45) is 5.92 Å². The molecule has 1 unspecified atom stereocenters. The summed E-state index contributed by atoms with van der Waals surface area (Å²) >= 11 is 5.43. The zero-order valence-corrected chi connectivity index (χ0v) is 11.3. The summed E-state index contributed by atoms with van der Waals surface area (Å²) in [7, 11) is 0. The van der Waals surface area contributed by atoms with E-state index in [0.29, 0.717) is 5.92 Å². The molecule has 1 aliphatic carbocycles. The number of aromatic nitrogens is 3. The molecule has 3 rings (SSSR count). The van der Waals surface area contributed by atoms with Gasteiger partial charge in [-0.15, -0.1) is 0 Å². The summed E-state index contributed by atoms with van der Waals surface area (Å²) < 4.78 is 2.95. The van der Waals surface area contributed by atoms with Gasteiger partial charge in [0.25, 0.3) is 0 Å². The monoisotopic (exact) mass is 259 g/mol. The quantitative estimate of drug-likeness (QED) is 0.658. The fourth-order valence-corrected chi connectivity index (χ4v) is 2.89. The fraction of sp³-hybridized carbons (Fsp3) is 0.429. The van der Waals surface area contributed by atoms with Crippen LogP contribution < -0.4 is 0 Å². The average molecular weight is 259 g/mol. The minimum atomic E-state index is 0.683. The Morgan fingerprint density at radius 3 is 3.17 bits per heavy atom. The Kier molecular flexibility index (Phi) is 3.04. The van der Waals surface area contributed by atoms with Crippen LogP contribution in [0.5, 0.6) is 0 Å². The van der Waals surface area contributed by atoms with Crippen LogP contribution in [0.25, 0.3) is 11.2 Å². The number of pyridine rings is 1. The van der Waals surface area contributed by atoms with Gasteiger partial charge < -0.3 is 9.55 Å². The van der Waals surface area contributed by atoms with Crippen LogP contribution in [0.4, 0.5) is 0 Å². The summed E-state index contributed by atoms with van der Waals surface area (Å²) in [5.41, 5.74) is 3.27. The van der Waals surface area contributed by atoms with Gasteiger partial charge >= 0.3 is 0 Å². The van der Waals surface area contributed by atoms with E-state index >= 15 is 0 Å². The summed E-state index contributed by atoms with van der Waals surface area (Å²) in [5.74, 6) is 0.683. The number of hydrogen-bond acceptors (Lipinski definition) is 2. The molecule has 94 valence electrons. The number of nitrogens with zero attached hydrogens (tertiary/aromatic N) is 2. The highest BCUT2D eigenvalue weighted by atomic mass is 32.1. The van der Waals surface area contributed by atoms with Crippen LogP contribution >= 0.6 is 12.2 Å². The van der Waals surface area contributed by atoms with Gasteiger partial charge in [-0.2, -0.15) is 0 Å². The van der Waals surface area contributed by atoms with Crippen molar-refractivity contribution in [3.8, 4) is 0 Å². The molecule has 0 bridgehead atoms. The maximum absolute atomic E-state index is 5.43. The molecule has 2 aromatic rings. The number of allylic oxidation sites excluding steroid dienone is 2. The molecule has 2 aromatic heterocycles. The van der Waals surface area contributed by atoms with E-state index in [1.165, 1.54) is 18.4 Å². The maximum atomic E-state index is 5.43. The molecule has 0 saturated carbocycles. The van der Waals surface area contributed by atoms with E-state index in [9.17, 15) is 0 Å². The Labute approximate surface area is 112 Å². The van der Waals surface area contributed by atoms with Crippen molar-refractivity contribution < 1.29 is 0 Å². The van der Waals surface area contributed by atoms with Gasteiger partial charge in [0.2, 0.25) is 0 Å². The Morgan fingerprint density at radius 2 is 2.39 bits per heavy atom. The van der Waals surface area contributed by atoms with E-state index in [4.69, 9.17) is 12.2 Å². The van der Waals surface area contributed by atoms with E-state index in [1.54, 1.807) is 0 Å². The predicted octanol–water partition coefficient (Wildman–Crippen LogP) is 3.76. The molecule has 0 aliphatic heterocycles. The van der Waals surface area contributed by atoms with Crippen molar-refractivity contribution in [2.75, 3.05) is 0 Å². The number of nitrogens with one attached hydrogen (secondary N) is 1. The number of aryl methyl sites for hydroxylation is 1. The number of rotatable bonds is 2. The van der Waals surface area contributed by atoms with Crippen LogP contribution in [0.2, 0.25) is 0 Å². The Morgan fingerprint density at radius 1 is 1.50 bits per heavy atom. The van der Waals surface area contributed by atoms with Crippen LogP contribution in [0.3, 0.4) is 0 Å². The number of aromatic amines is 1. The highest BCUT2D eigenvalue weighted by Gasteiger charge is 2.14. The Balaban J connectivity index is 2.01. The number of H-pyrrole nitrogens is 1. The first-order valence-corrected chi connectivity index (χ1v) is 6.85. The molecule has 3 nitrogen and oxygen atoms in total. The van der Waals surface area contributed by atoms with Crippen LogP contribution in [-0.4, -0.2) is 14.5 Å². The highest BCUT2D eigenvalue weighted by molar-refractivity contribution is 7.71. The van der Waals surface area contributed by atoms with E-state index in [2.05, 4.69) is 33.6 Å². The highest BCUT2D eigenvalue weighted by Crippen LogP contribution is 2.23. The van der Waals surface area contributed by atoms with E-state index in [-0.39, 0.29) is 0 Å². The molecule has 18 heavy (non-hydrogen) atoms. The number of imidazole rings is 1. The molecule has 0 fully saturated rings. The lowest BCUT2D eigenvalue weighted by molar-refractivity contribution is 0.412. The van der Waals surface area contributed by atoms with Crippen LogP contribution in [0, 0.1) is 17.6 Å². The second kappa shape index (κ2) is 4.69. The van der Waals surface area contributed by atoms with Crippen molar-refractivity contribution >= 4 is 23.4 Å². The van der Waals surface area contributed by atoms with Gasteiger partial charge in [0.15, 0.2) is 10.4 Å². The lowest BCUT2D eigenvalue weighted by Crippen LogP contribution is -2.12. The van der Waals surface area contributed by atoms with Gasteiger partial charge in [-0.05, 0) is 56.0 Å². The van der Waals surface area contributed by atoms with Crippen molar-refractivity contribution in [1.29, 1.82) is 0 Å². The van der Waals surface area contributed by atoms with Gasteiger partial charge in [0.1, 0.15) is 0 Å². The third-order valence-electron chi connectivity index (χ3n) is 3.69. The predicted molar refractivity (Wildman–Crippen MR) is 76.1 cm³/mol. The molecule has 1 atom stereocenters. The molecule has 1 N–H and O–H groups in total. The first-order valence-electron chi connectivity index (χ1n) is 6.45. The average Bonchev–Trinajstić information content (AvgIpc) is 2.70. The Bertz CT molecular complexity index is 651. The first kappa shape index (κ1) is 11.7. The molecule has 0 aromatic carbocycles. The van der Waals surface area contributed by atoms with E-state index in [0.717, 1.165) is 28.9 Å². The summed E-state index contributed by atoms with van der Waals surface area (Å²) in [6, 6.07) is 2.02. The lowest BCUT2D eigenvalue weighted by atomic mass is 9.94. The maximum Gasteiger partial charge on any atom is 0.179 e. The molecular weight excluding hydrogens is 242 g/mol. The smallest absolute Gasteiger partial charge is 0.179 e. The number of fused-ring (bicyclic) bond motifs is 1. The zero-order valence-electron chi connectivity index (χ0n) is 10.5. The zero-order chi connectivity index (χ0) is 12.5. The minimum absolute atomic E-state index is 0.683. The summed E-state index contributed by atoms with van der Waals surface area (Å²) in [5, 5.41) is 0. The van der Waals surface area contributed by atoms with Gasteiger partial charge in [0.05, 0.1) is 5.52 Å². The fourth-order valence-electron chi connectivity index (χ4n) is 2.62. The van der Waals surface area contributed by atoms with Crippen LogP contribution in [-0.2, 0) is 6.54 Å². The van der Waals surface area contributed by atoms with Crippen LogP contribution in [0.15, 0.2) is 24.4 Å². The second-order valence-corrected chi connectivity index (χ2v) is 5.40. The van der Waals surface area contributed by atoms with Crippen molar-refractivity contribution in [1.82, 2.24) is 14.5 Å². The van der Waals surface area contributed by atoms with Crippen molar-refractivity contribution in [3.63, 3.8) is 0 Å². The standard InChI is InChI=1S/C14H17N3S/c1-10-7-8-15-13-12(10)16-14(18)17(13)9-11-5-3-2-4-6-11/h2-3,7-8,11H,4-6,9H2,1H3,(H,16,18). The molecule has 0 amide bonds. The van der Waals surface area contributed by atoms with Gasteiger partial charge in [-0.25, -0.2) is 4.98 Å². The molecule has 0 spiro atoms. The van der Waals surface area contributed by atoms with Crippen LogP contribution in [0.1, 0.15) is 24.8 Å². The van der Waals surface area contributed by atoms with Gasteiger partial charge in [-0.1, -0.05) is 12.2 Å². The third kappa shape index (κ3) is 2.01. The SMILES string of the molecule is Cc1ccnc2c1[nH]c(=S)n2CC1CC=CCC1. The van der Waals surface area contributed by atoms with Crippen molar-refractivity contribution in [2.45, 2.75) is 32.7 Å². The van der Waals surface area contributed by atoms with E-state index in [1.807, 2.05) is 12.3 Å². The third-order valence-corrected chi connectivity index (χ3v) is 4.01.